The highest BCUT2D eigenvalue weighted by Crippen LogP contribution is 2.20. The Balaban J connectivity index is 1.78. The summed E-state index contributed by atoms with van der Waals surface area (Å²) in [4.78, 5) is 17.0. The summed E-state index contributed by atoms with van der Waals surface area (Å²) in [6.07, 6.45) is 1.68. The van der Waals surface area contributed by atoms with E-state index in [1.807, 2.05) is 12.1 Å². The molecule has 1 aliphatic rings. The molecular formula is C17H21N3O4S. The van der Waals surface area contributed by atoms with E-state index in [2.05, 4.69) is 10.3 Å². The minimum absolute atomic E-state index is 0.0535. The van der Waals surface area contributed by atoms with Crippen molar-refractivity contribution >= 4 is 26.8 Å². The monoisotopic (exact) mass is 363 g/mol. The van der Waals surface area contributed by atoms with Crippen molar-refractivity contribution in [3.63, 3.8) is 0 Å². The number of pyridine rings is 1. The molecule has 0 spiro atoms. The molecule has 0 bridgehead atoms. The smallest absolute Gasteiger partial charge is 0.252 e. The number of nitrogens with one attached hydrogen (secondary N) is 1. The first-order valence-electron chi connectivity index (χ1n) is 8.01. The summed E-state index contributed by atoms with van der Waals surface area (Å²) in [5.41, 5.74) is 1.26. The number of carbonyl (C=O) groups excluding carboxylic acids is 1. The molecule has 0 unspecified atom stereocenters. The number of hydrogen-bond donors (Lipinski definition) is 1. The van der Waals surface area contributed by atoms with Gasteiger partial charge in [-0.25, -0.2) is 12.7 Å². The summed E-state index contributed by atoms with van der Waals surface area (Å²) in [6, 6.07) is 8.65. The van der Waals surface area contributed by atoms with Crippen LogP contribution in [0.25, 0.3) is 10.9 Å². The highest BCUT2D eigenvalue weighted by molar-refractivity contribution is 7.89. The molecule has 1 aromatic carbocycles. The molecule has 1 amide bonds. The molecule has 0 saturated carbocycles. The lowest BCUT2D eigenvalue weighted by molar-refractivity contribution is 0.0927. The topological polar surface area (TPSA) is 88.6 Å². The number of aromatic nitrogens is 1. The van der Waals surface area contributed by atoms with Crippen LogP contribution in [0.5, 0.6) is 0 Å². The van der Waals surface area contributed by atoms with E-state index in [9.17, 15) is 13.2 Å². The van der Waals surface area contributed by atoms with E-state index in [1.54, 1.807) is 24.4 Å². The van der Waals surface area contributed by atoms with Gasteiger partial charge in [-0.15, -0.1) is 0 Å². The number of fused-ring (bicyclic) bond motifs is 1. The Labute approximate surface area is 147 Å². The average Bonchev–Trinajstić information content (AvgIpc) is 3.00. The molecule has 7 nitrogen and oxygen atoms in total. The van der Waals surface area contributed by atoms with Crippen LogP contribution in [0.2, 0.25) is 0 Å². The zero-order valence-corrected chi connectivity index (χ0v) is 15.0. The number of ether oxygens (including phenoxy) is 1. The van der Waals surface area contributed by atoms with Crippen molar-refractivity contribution in [2.24, 2.45) is 5.92 Å². The first kappa shape index (κ1) is 17.8. The van der Waals surface area contributed by atoms with E-state index in [1.165, 1.54) is 18.4 Å². The Morgan fingerprint density at radius 1 is 1.28 bits per heavy atom. The molecule has 2 atom stereocenters. The highest BCUT2D eigenvalue weighted by Gasteiger charge is 2.34. The maximum atomic E-state index is 12.7. The molecule has 2 heterocycles. The lowest BCUT2D eigenvalue weighted by Crippen LogP contribution is -2.43. The van der Waals surface area contributed by atoms with Gasteiger partial charge in [0.15, 0.2) is 0 Å². The predicted octanol–water partition coefficient (Wildman–Crippen LogP) is 0.871. The Morgan fingerprint density at radius 2 is 2.08 bits per heavy atom. The number of nitrogens with zero attached hydrogens (tertiary/aromatic N) is 2. The number of benzene rings is 1. The summed E-state index contributed by atoms with van der Waals surface area (Å²) in [5.74, 6) is -0.576. The molecule has 1 aliphatic heterocycles. The van der Waals surface area contributed by atoms with E-state index in [4.69, 9.17) is 4.74 Å². The van der Waals surface area contributed by atoms with Gasteiger partial charge in [0, 0.05) is 37.2 Å². The Bertz CT molecular complexity index is 877. The minimum atomic E-state index is -3.36. The zero-order valence-electron chi connectivity index (χ0n) is 14.2. The second-order valence-electron chi connectivity index (χ2n) is 6.31. The summed E-state index contributed by atoms with van der Waals surface area (Å²) in [7, 11) is -0.354. The SMILES string of the molecule is CN(C)S(=O)(=O)C[C@@H]1COC[C@H]1NC(=O)c1cccc2ncccc12. The zero-order chi connectivity index (χ0) is 18.0. The third kappa shape index (κ3) is 3.81. The van der Waals surface area contributed by atoms with Crippen LogP contribution in [0.1, 0.15) is 10.4 Å². The number of amides is 1. The van der Waals surface area contributed by atoms with Gasteiger partial charge in [0.05, 0.1) is 30.5 Å². The largest absolute Gasteiger partial charge is 0.379 e. The van der Waals surface area contributed by atoms with E-state index >= 15 is 0 Å². The quantitative estimate of drug-likeness (QED) is 0.852. The Morgan fingerprint density at radius 3 is 2.84 bits per heavy atom. The van der Waals surface area contributed by atoms with E-state index in [-0.39, 0.29) is 23.6 Å². The fourth-order valence-corrected chi connectivity index (χ4v) is 4.06. The molecule has 1 aromatic heterocycles. The van der Waals surface area contributed by atoms with Gasteiger partial charge in [0.2, 0.25) is 10.0 Å². The molecule has 2 aromatic rings. The molecule has 1 N–H and O–H groups in total. The molecule has 134 valence electrons. The van der Waals surface area contributed by atoms with Crippen LogP contribution in [0.4, 0.5) is 0 Å². The van der Waals surface area contributed by atoms with Gasteiger partial charge in [-0.05, 0) is 18.2 Å². The normalized spacial score (nSPS) is 20.9. The minimum Gasteiger partial charge on any atom is -0.379 e. The fourth-order valence-electron chi connectivity index (χ4n) is 2.89. The summed E-state index contributed by atoms with van der Waals surface area (Å²) < 4.78 is 30.8. The van der Waals surface area contributed by atoms with Crippen molar-refractivity contribution < 1.29 is 17.9 Å². The predicted molar refractivity (Wildman–Crippen MR) is 94.8 cm³/mol. The lowest BCUT2D eigenvalue weighted by atomic mass is 10.0. The van der Waals surface area contributed by atoms with Crippen LogP contribution in [0, 0.1) is 5.92 Å². The second-order valence-corrected chi connectivity index (χ2v) is 8.54. The van der Waals surface area contributed by atoms with E-state index in [0.29, 0.717) is 18.8 Å². The molecule has 8 heteroatoms. The summed E-state index contributed by atoms with van der Waals surface area (Å²) in [5, 5.41) is 3.69. The standard InChI is InChI=1S/C17H21N3O4S/c1-20(2)25(22,23)11-12-9-24-10-16(12)19-17(21)14-5-3-7-15-13(14)6-4-8-18-15/h3-8,12,16H,9-11H2,1-2H3,(H,19,21)/t12-,16+/m0/s1. The van der Waals surface area contributed by atoms with Crippen molar-refractivity contribution in [2.45, 2.75) is 6.04 Å². The third-order valence-electron chi connectivity index (χ3n) is 4.39. The van der Waals surface area contributed by atoms with Crippen molar-refractivity contribution in [3.05, 3.63) is 42.1 Å². The van der Waals surface area contributed by atoms with Gasteiger partial charge in [0.25, 0.3) is 5.91 Å². The van der Waals surface area contributed by atoms with Crippen LogP contribution in [-0.2, 0) is 14.8 Å². The summed E-state index contributed by atoms with van der Waals surface area (Å²) >= 11 is 0. The summed E-state index contributed by atoms with van der Waals surface area (Å²) in [6.45, 7) is 0.623. The Kier molecular flexibility index (Phi) is 5.03. The van der Waals surface area contributed by atoms with Gasteiger partial charge < -0.3 is 10.1 Å². The van der Waals surface area contributed by atoms with Gasteiger partial charge in [-0.1, -0.05) is 12.1 Å². The first-order valence-corrected chi connectivity index (χ1v) is 9.62. The number of hydrogen-bond acceptors (Lipinski definition) is 5. The van der Waals surface area contributed by atoms with Crippen LogP contribution in [0.3, 0.4) is 0 Å². The molecule has 25 heavy (non-hydrogen) atoms. The average molecular weight is 363 g/mol. The van der Waals surface area contributed by atoms with Crippen LogP contribution in [-0.4, -0.2) is 62.7 Å². The highest BCUT2D eigenvalue weighted by atomic mass is 32.2. The van der Waals surface area contributed by atoms with Gasteiger partial charge in [0.1, 0.15) is 0 Å². The fraction of sp³-hybridized carbons (Fsp3) is 0.412. The van der Waals surface area contributed by atoms with Crippen molar-refractivity contribution in [1.82, 2.24) is 14.6 Å². The van der Waals surface area contributed by atoms with E-state index < -0.39 is 10.0 Å². The molecule has 0 aliphatic carbocycles. The Hall–Kier alpha value is -2.03. The van der Waals surface area contributed by atoms with E-state index in [0.717, 1.165) is 10.9 Å². The molecule has 1 fully saturated rings. The van der Waals surface area contributed by atoms with Gasteiger partial charge >= 0.3 is 0 Å². The van der Waals surface area contributed by atoms with Crippen molar-refractivity contribution in [1.29, 1.82) is 0 Å². The maximum Gasteiger partial charge on any atom is 0.252 e. The number of carbonyl (C=O) groups is 1. The van der Waals surface area contributed by atoms with Crippen LogP contribution < -0.4 is 5.32 Å². The molecule has 1 saturated heterocycles. The van der Waals surface area contributed by atoms with Crippen LogP contribution in [0.15, 0.2) is 36.5 Å². The molecule has 3 rings (SSSR count). The molecular weight excluding hydrogens is 342 g/mol. The third-order valence-corrected chi connectivity index (χ3v) is 6.35. The first-order chi connectivity index (χ1) is 11.9. The number of sulfonamides is 1. The van der Waals surface area contributed by atoms with Crippen LogP contribution >= 0.6 is 0 Å². The van der Waals surface area contributed by atoms with Gasteiger partial charge in [-0.3, -0.25) is 9.78 Å². The maximum absolute atomic E-state index is 12.7. The second kappa shape index (κ2) is 7.07. The number of rotatable bonds is 5. The lowest BCUT2D eigenvalue weighted by Gasteiger charge is -2.21. The van der Waals surface area contributed by atoms with Gasteiger partial charge in [-0.2, -0.15) is 0 Å². The van der Waals surface area contributed by atoms with Crippen molar-refractivity contribution in [2.75, 3.05) is 33.1 Å². The molecule has 0 radical (unpaired) electrons. The van der Waals surface area contributed by atoms with Crippen molar-refractivity contribution in [3.8, 4) is 0 Å².